The summed E-state index contributed by atoms with van der Waals surface area (Å²) in [6, 6.07) is 8.98. The highest BCUT2D eigenvalue weighted by Gasteiger charge is 2.21. The van der Waals surface area contributed by atoms with Crippen molar-refractivity contribution in [1.82, 2.24) is 15.5 Å². The van der Waals surface area contributed by atoms with Gasteiger partial charge in [-0.25, -0.2) is 4.79 Å². The Kier molecular flexibility index (Phi) is 5.51. The maximum absolute atomic E-state index is 11.9. The van der Waals surface area contributed by atoms with Crippen LogP contribution in [0.25, 0.3) is 0 Å². The van der Waals surface area contributed by atoms with Gasteiger partial charge in [0.05, 0.1) is 13.7 Å². The molecule has 0 unspecified atom stereocenters. The normalized spacial score (nSPS) is 12.1. The first-order chi connectivity index (χ1) is 9.74. The summed E-state index contributed by atoms with van der Waals surface area (Å²) in [6.45, 7) is 0.479. The number of methoxy groups -OCH3 is 1. The van der Waals surface area contributed by atoms with Gasteiger partial charge in [-0.3, -0.25) is 5.32 Å². The van der Waals surface area contributed by atoms with Crippen LogP contribution in [0.5, 0.6) is 0 Å². The van der Waals surface area contributed by atoms with E-state index in [9.17, 15) is 4.79 Å². The predicted octanol–water partition coefficient (Wildman–Crippen LogP) is 2.26. The number of nitrogens with zero attached hydrogens (tertiary/aromatic N) is 2. The Morgan fingerprint density at radius 2 is 2.15 bits per heavy atom. The molecule has 0 aliphatic heterocycles. The van der Waals surface area contributed by atoms with Gasteiger partial charge in [-0.2, -0.15) is 0 Å². The number of rotatable bonds is 6. The van der Waals surface area contributed by atoms with Gasteiger partial charge >= 0.3 is 5.97 Å². The second-order valence-corrected chi connectivity index (χ2v) is 6.03. The number of benzene rings is 1. The third-order valence-electron chi connectivity index (χ3n) is 2.65. The number of carbonyl (C=O) groups excluding carboxylic acids is 1. The van der Waals surface area contributed by atoms with Crippen LogP contribution >= 0.6 is 23.1 Å². The smallest absolute Gasteiger partial charge is 0.327 e. The van der Waals surface area contributed by atoms with Crippen molar-refractivity contribution in [3.05, 3.63) is 40.9 Å². The molecule has 0 aliphatic carbocycles. The molecule has 1 aromatic heterocycles. The van der Waals surface area contributed by atoms with Gasteiger partial charge in [0, 0.05) is 0 Å². The largest absolute Gasteiger partial charge is 0.468 e. The van der Waals surface area contributed by atoms with Crippen molar-refractivity contribution in [2.75, 3.05) is 13.4 Å². The fourth-order valence-electron chi connectivity index (χ4n) is 1.68. The Bertz CT molecular complexity index is 560. The Labute approximate surface area is 125 Å². The van der Waals surface area contributed by atoms with Crippen LogP contribution in [-0.4, -0.2) is 29.5 Å². The average Bonchev–Trinajstić information content (AvgIpc) is 2.96. The van der Waals surface area contributed by atoms with E-state index in [1.807, 2.05) is 36.6 Å². The van der Waals surface area contributed by atoms with E-state index in [0.717, 1.165) is 14.9 Å². The van der Waals surface area contributed by atoms with Crippen LogP contribution in [0.2, 0.25) is 0 Å². The maximum Gasteiger partial charge on any atom is 0.327 e. The number of ether oxygens (including phenoxy) is 1. The number of esters is 1. The SMILES string of the molecule is COC(=O)[C@H](NCc1nnc(SC)s1)c1ccccc1. The van der Waals surface area contributed by atoms with E-state index in [1.54, 1.807) is 11.8 Å². The zero-order valence-electron chi connectivity index (χ0n) is 11.2. The lowest BCUT2D eigenvalue weighted by Gasteiger charge is -2.15. The lowest BCUT2D eigenvalue weighted by atomic mass is 10.1. The van der Waals surface area contributed by atoms with Crippen molar-refractivity contribution in [2.45, 2.75) is 16.9 Å². The van der Waals surface area contributed by atoms with Gasteiger partial charge < -0.3 is 4.74 Å². The van der Waals surface area contributed by atoms with E-state index >= 15 is 0 Å². The number of carbonyl (C=O) groups is 1. The monoisotopic (exact) mass is 309 g/mol. The summed E-state index contributed by atoms with van der Waals surface area (Å²) < 4.78 is 5.76. The summed E-state index contributed by atoms with van der Waals surface area (Å²) in [5.74, 6) is -0.314. The van der Waals surface area contributed by atoms with Crippen LogP contribution in [0.4, 0.5) is 0 Å². The Morgan fingerprint density at radius 3 is 2.75 bits per heavy atom. The molecule has 106 valence electrons. The molecule has 0 saturated heterocycles. The first kappa shape index (κ1) is 15.0. The van der Waals surface area contributed by atoms with Crippen molar-refractivity contribution < 1.29 is 9.53 Å². The zero-order chi connectivity index (χ0) is 14.4. The molecule has 2 aromatic rings. The van der Waals surface area contributed by atoms with Crippen molar-refractivity contribution >= 4 is 29.1 Å². The highest BCUT2D eigenvalue weighted by atomic mass is 32.2. The Balaban J connectivity index is 2.07. The van der Waals surface area contributed by atoms with Gasteiger partial charge in [0.15, 0.2) is 4.34 Å². The Morgan fingerprint density at radius 1 is 1.40 bits per heavy atom. The van der Waals surface area contributed by atoms with Crippen LogP contribution < -0.4 is 5.32 Å². The standard InChI is InChI=1S/C13H15N3O2S2/c1-18-12(17)11(9-6-4-3-5-7-9)14-8-10-15-16-13(19-2)20-10/h3-7,11,14H,8H2,1-2H3/t11-/m1/s1. The molecule has 0 aliphatic rings. The fourth-order valence-corrected chi connectivity index (χ4v) is 2.95. The van der Waals surface area contributed by atoms with Crippen molar-refractivity contribution in [2.24, 2.45) is 0 Å². The second-order valence-electron chi connectivity index (χ2n) is 3.91. The second kappa shape index (κ2) is 7.37. The van der Waals surface area contributed by atoms with Crippen LogP contribution in [0.3, 0.4) is 0 Å². The van der Waals surface area contributed by atoms with Crippen molar-refractivity contribution in [1.29, 1.82) is 0 Å². The third-order valence-corrected chi connectivity index (χ3v) is 4.55. The topological polar surface area (TPSA) is 64.1 Å². The molecule has 0 fully saturated rings. The van der Waals surface area contributed by atoms with Crippen molar-refractivity contribution in [3.8, 4) is 0 Å². The van der Waals surface area contributed by atoms with E-state index < -0.39 is 6.04 Å². The first-order valence-corrected chi connectivity index (χ1v) is 8.01. The van der Waals surface area contributed by atoms with Gasteiger partial charge in [-0.1, -0.05) is 53.4 Å². The molecule has 2 rings (SSSR count). The molecule has 7 heteroatoms. The molecule has 0 radical (unpaired) electrons. The minimum Gasteiger partial charge on any atom is -0.468 e. The van der Waals surface area contributed by atoms with E-state index in [2.05, 4.69) is 15.5 Å². The van der Waals surface area contributed by atoms with Gasteiger partial charge in [0.1, 0.15) is 11.0 Å². The molecule has 20 heavy (non-hydrogen) atoms. The first-order valence-electron chi connectivity index (χ1n) is 5.97. The predicted molar refractivity (Wildman–Crippen MR) is 79.7 cm³/mol. The summed E-state index contributed by atoms with van der Waals surface area (Å²) >= 11 is 3.07. The van der Waals surface area contributed by atoms with E-state index in [0.29, 0.717) is 6.54 Å². The van der Waals surface area contributed by atoms with Gasteiger partial charge in [-0.15, -0.1) is 10.2 Å². The van der Waals surface area contributed by atoms with Gasteiger partial charge in [-0.05, 0) is 11.8 Å². The molecule has 1 atom stereocenters. The fraction of sp³-hybridized carbons (Fsp3) is 0.308. The van der Waals surface area contributed by atoms with Crippen molar-refractivity contribution in [3.63, 3.8) is 0 Å². The minimum absolute atomic E-state index is 0.314. The number of aromatic nitrogens is 2. The summed E-state index contributed by atoms with van der Waals surface area (Å²) in [6.07, 6.45) is 1.96. The quantitative estimate of drug-likeness (QED) is 0.652. The average molecular weight is 309 g/mol. The molecule has 1 heterocycles. The number of nitrogens with one attached hydrogen (secondary N) is 1. The minimum atomic E-state index is -0.497. The summed E-state index contributed by atoms with van der Waals surface area (Å²) in [4.78, 5) is 11.9. The number of hydrogen-bond donors (Lipinski definition) is 1. The molecule has 0 saturated carbocycles. The van der Waals surface area contributed by atoms with Crippen LogP contribution in [0.1, 0.15) is 16.6 Å². The summed E-state index contributed by atoms with van der Waals surface area (Å²) in [7, 11) is 1.39. The molecule has 1 aromatic carbocycles. The summed E-state index contributed by atoms with van der Waals surface area (Å²) in [5, 5.41) is 12.1. The molecule has 0 bridgehead atoms. The molecular formula is C13H15N3O2S2. The highest BCUT2D eigenvalue weighted by molar-refractivity contribution is 8.00. The number of hydrogen-bond acceptors (Lipinski definition) is 7. The lowest BCUT2D eigenvalue weighted by Crippen LogP contribution is -2.29. The third kappa shape index (κ3) is 3.78. The lowest BCUT2D eigenvalue weighted by molar-refractivity contribution is -0.143. The van der Waals surface area contributed by atoms with Crippen LogP contribution in [0, 0.1) is 0 Å². The van der Waals surface area contributed by atoms with Crippen LogP contribution in [-0.2, 0) is 16.1 Å². The molecular weight excluding hydrogens is 294 g/mol. The molecule has 0 spiro atoms. The van der Waals surface area contributed by atoms with E-state index in [4.69, 9.17) is 4.74 Å². The molecule has 0 amide bonds. The maximum atomic E-state index is 11.9. The zero-order valence-corrected chi connectivity index (χ0v) is 12.8. The van der Waals surface area contributed by atoms with Crippen LogP contribution in [0.15, 0.2) is 34.7 Å². The Hall–Kier alpha value is -1.44. The van der Waals surface area contributed by atoms with E-state index in [1.165, 1.54) is 18.4 Å². The van der Waals surface area contributed by atoms with Gasteiger partial charge in [0.25, 0.3) is 0 Å². The van der Waals surface area contributed by atoms with E-state index in [-0.39, 0.29) is 5.97 Å². The highest BCUT2D eigenvalue weighted by Crippen LogP contribution is 2.20. The summed E-state index contributed by atoms with van der Waals surface area (Å²) in [5.41, 5.74) is 0.869. The molecule has 5 nitrogen and oxygen atoms in total. The number of thioether (sulfide) groups is 1. The molecule has 1 N–H and O–H groups in total. The van der Waals surface area contributed by atoms with Gasteiger partial charge in [0.2, 0.25) is 0 Å².